The Hall–Kier alpha value is 0.350. The SMILES string of the molecule is CC(C[PH+]([O-])[O-])CC(C)(C)C. The summed E-state index contributed by atoms with van der Waals surface area (Å²) in [6.45, 7) is 8.38. The van der Waals surface area contributed by atoms with Crippen LogP contribution in [0.2, 0.25) is 0 Å². The number of hydrogen-bond donors (Lipinski definition) is 0. The van der Waals surface area contributed by atoms with Gasteiger partial charge in [0.05, 0.1) is 0 Å². The molecule has 0 radical (unpaired) electrons. The smallest absolute Gasteiger partial charge is 0.0485 e. The van der Waals surface area contributed by atoms with E-state index in [1.165, 1.54) is 0 Å². The molecular formula is C8H18O2P-. The van der Waals surface area contributed by atoms with E-state index in [-0.39, 0.29) is 5.41 Å². The van der Waals surface area contributed by atoms with Crippen molar-refractivity contribution in [1.82, 2.24) is 0 Å². The Bertz CT molecular complexity index is 107. The summed E-state index contributed by atoms with van der Waals surface area (Å²) in [4.78, 5) is 20.7. The standard InChI is InChI=1S/C8H18O2P/c1-7(6-11(9)10)5-8(2,3)4/h7,11H,5-6H2,1-4H3/q-1. The second kappa shape index (κ2) is 4.39. The number of rotatable bonds is 3. The molecule has 1 atom stereocenters. The lowest BCUT2D eigenvalue weighted by Crippen LogP contribution is -2.19. The molecule has 0 spiro atoms. The Balaban J connectivity index is 3.61. The van der Waals surface area contributed by atoms with Gasteiger partial charge in [0.15, 0.2) is 0 Å². The molecule has 0 N–H and O–H groups in total. The van der Waals surface area contributed by atoms with Crippen LogP contribution in [-0.2, 0) is 0 Å². The molecule has 0 amide bonds. The molecule has 0 aliphatic heterocycles. The highest BCUT2D eigenvalue weighted by atomic mass is 31.2. The van der Waals surface area contributed by atoms with Crippen molar-refractivity contribution in [3.8, 4) is 0 Å². The van der Waals surface area contributed by atoms with Crippen LogP contribution in [0.5, 0.6) is 0 Å². The van der Waals surface area contributed by atoms with Gasteiger partial charge in [-0.3, -0.25) is 0 Å². The predicted octanol–water partition coefficient (Wildman–Crippen LogP) is 0.823. The minimum Gasteiger partial charge on any atom is -0.685 e. The van der Waals surface area contributed by atoms with Gasteiger partial charge in [0.2, 0.25) is 0 Å². The monoisotopic (exact) mass is 177 g/mol. The summed E-state index contributed by atoms with van der Waals surface area (Å²) in [5.41, 5.74) is 0.247. The molecule has 1 unspecified atom stereocenters. The van der Waals surface area contributed by atoms with E-state index in [0.29, 0.717) is 12.1 Å². The van der Waals surface area contributed by atoms with E-state index in [2.05, 4.69) is 20.8 Å². The van der Waals surface area contributed by atoms with Crippen molar-refractivity contribution < 1.29 is 9.79 Å². The van der Waals surface area contributed by atoms with Gasteiger partial charge >= 0.3 is 0 Å². The van der Waals surface area contributed by atoms with Gasteiger partial charge in [-0.1, -0.05) is 27.7 Å². The molecule has 0 aromatic heterocycles. The van der Waals surface area contributed by atoms with Crippen molar-refractivity contribution in [2.45, 2.75) is 34.1 Å². The van der Waals surface area contributed by atoms with E-state index in [1.54, 1.807) is 0 Å². The summed E-state index contributed by atoms with van der Waals surface area (Å²) in [5.74, 6) is 0.305. The van der Waals surface area contributed by atoms with Crippen molar-refractivity contribution in [2.24, 2.45) is 11.3 Å². The second-order valence-corrected chi connectivity index (χ2v) is 5.60. The van der Waals surface area contributed by atoms with Gasteiger partial charge in [-0.2, -0.15) is 0 Å². The third kappa shape index (κ3) is 8.25. The molecule has 0 aromatic rings. The van der Waals surface area contributed by atoms with E-state index in [1.807, 2.05) is 6.92 Å². The van der Waals surface area contributed by atoms with Crippen LogP contribution in [0.15, 0.2) is 0 Å². The van der Waals surface area contributed by atoms with Crippen molar-refractivity contribution in [3.63, 3.8) is 0 Å². The van der Waals surface area contributed by atoms with E-state index in [0.717, 1.165) is 6.42 Å². The summed E-state index contributed by atoms with van der Waals surface area (Å²) in [7, 11) is -2.51. The van der Waals surface area contributed by atoms with Gasteiger partial charge in [-0.15, -0.1) is 8.38 Å². The van der Waals surface area contributed by atoms with Gasteiger partial charge in [0, 0.05) is 6.16 Å². The summed E-state index contributed by atoms with van der Waals surface area (Å²) < 4.78 is 0. The average molecular weight is 177 g/mol. The zero-order valence-corrected chi connectivity index (χ0v) is 8.81. The predicted molar refractivity (Wildman–Crippen MR) is 46.4 cm³/mol. The lowest BCUT2D eigenvalue weighted by atomic mass is 9.86. The molecule has 0 aliphatic rings. The van der Waals surface area contributed by atoms with Crippen LogP contribution in [-0.4, -0.2) is 6.16 Å². The summed E-state index contributed by atoms with van der Waals surface area (Å²) in [6.07, 6.45) is 1.34. The highest BCUT2D eigenvalue weighted by Crippen LogP contribution is 2.28. The average Bonchev–Trinajstić information content (AvgIpc) is 1.53. The van der Waals surface area contributed by atoms with E-state index in [4.69, 9.17) is 0 Å². The first-order valence-electron chi connectivity index (χ1n) is 4.01. The maximum atomic E-state index is 10.4. The van der Waals surface area contributed by atoms with Crippen LogP contribution in [0.3, 0.4) is 0 Å². The van der Waals surface area contributed by atoms with Gasteiger partial charge in [0.25, 0.3) is 0 Å². The lowest BCUT2D eigenvalue weighted by molar-refractivity contribution is -0.292. The van der Waals surface area contributed by atoms with Crippen LogP contribution >= 0.6 is 8.38 Å². The highest BCUT2D eigenvalue weighted by Gasteiger charge is 2.15. The van der Waals surface area contributed by atoms with E-state index < -0.39 is 8.38 Å². The molecule has 0 saturated heterocycles. The molecule has 0 aliphatic carbocycles. The maximum absolute atomic E-state index is 10.4. The largest absolute Gasteiger partial charge is 0.685 e. The molecule has 0 bridgehead atoms. The topological polar surface area (TPSA) is 46.1 Å². The molecule has 0 fully saturated rings. The lowest BCUT2D eigenvalue weighted by Gasteiger charge is -2.26. The zero-order valence-electron chi connectivity index (χ0n) is 7.81. The summed E-state index contributed by atoms with van der Waals surface area (Å²) in [5, 5.41) is 0. The summed E-state index contributed by atoms with van der Waals surface area (Å²) in [6, 6.07) is 0. The quantitative estimate of drug-likeness (QED) is 0.599. The second-order valence-electron chi connectivity index (χ2n) is 4.45. The first kappa shape index (κ1) is 11.4. The Morgan fingerprint density at radius 3 is 2.00 bits per heavy atom. The van der Waals surface area contributed by atoms with Crippen LogP contribution in [0.25, 0.3) is 0 Å². The van der Waals surface area contributed by atoms with Crippen molar-refractivity contribution in [3.05, 3.63) is 0 Å². The Morgan fingerprint density at radius 2 is 1.73 bits per heavy atom. The molecule has 0 aromatic carbocycles. The van der Waals surface area contributed by atoms with Gasteiger partial charge in [0.1, 0.15) is 0 Å². The minimum absolute atomic E-state index is 0.247. The summed E-state index contributed by atoms with van der Waals surface area (Å²) >= 11 is 0. The third-order valence-electron chi connectivity index (χ3n) is 1.48. The van der Waals surface area contributed by atoms with Crippen molar-refractivity contribution >= 4 is 8.38 Å². The van der Waals surface area contributed by atoms with E-state index >= 15 is 0 Å². The van der Waals surface area contributed by atoms with E-state index in [9.17, 15) is 9.79 Å². The normalized spacial score (nSPS) is 15.5. The first-order valence-corrected chi connectivity index (χ1v) is 5.53. The van der Waals surface area contributed by atoms with Crippen LogP contribution < -0.4 is 9.79 Å². The van der Waals surface area contributed by atoms with Crippen molar-refractivity contribution in [1.29, 1.82) is 0 Å². The molecule has 2 nitrogen and oxygen atoms in total. The number of hydrogen-bond acceptors (Lipinski definition) is 2. The van der Waals surface area contributed by atoms with Crippen LogP contribution in [0.4, 0.5) is 0 Å². The maximum Gasteiger partial charge on any atom is 0.0485 e. The van der Waals surface area contributed by atoms with Crippen molar-refractivity contribution in [2.75, 3.05) is 6.16 Å². The molecular weight excluding hydrogens is 159 g/mol. The highest BCUT2D eigenvalue weighted by molar-refractivity contribution is 7.42. The zero-order chi connectivity index (χ0) is 9.07. The van der Waals surface area contributed by atoms with Gasteiger partial charge in [-0.05, 0) is 17.8 Å². The van der Waals surface area contributed by atoms with Gasteiger partial charge in [-0.25, -0.2) is 0 Å². The fourth-order valence-corrected chi connectivity index (χ4v) is 2.12. The Morgan fingerprint density at radius 1 is 1.27 bits per heavy atom. The van der Waals surface area contributed by atoms with Gasteiger partial charge < -0.3 is 9.79 Å². The third-order valence-corrected chi connectivity index (χ3v) is 2.51. The first-order chi connectivity index (χ1) is 4.81. The molecule has 0 heterocycles. The minimum atomic E-state index is -2.51. The Kier molecular flexibility index (Phi) is 4.53. The molecule has 0 saturated carbocycles. The van der Waals surface area contributed by atoms with Crippen LogP contribution in [0.1, 0.15) is 34.1 Å². The molecule has 11 heavy (non-hydrogen) atoms. The fourth-order valence-electron chi connectivity index (χ4n) is 1.40. The molecule has 3 heteroatoms. The van der Waals surface area contributed by atoms with Crippen LogP contribution in [0, 0.1) is 11.3 Å². The fraction of sp³-hybridized carbons (Fsp3) is 1.00. The molecule has 0 rings (SSSR count). The Labute approximate surface area is 70.6 Å². The molecule has 68 valence electrons.